The molecule has 8 nitrogen and oxygen atoms in total. The quantitative estimate of drug-likeness (QED) is 0.405. The van der Waals surface area contributed by atoms with E-state index in [9.17, 15) is 14.0 Å². The van der Waals surface area contributed by atoms with E-state index in [4.69, 9.17) is 14.6 Å². The molecule has 3 aromatic rings. The number of benzene rings is 1. The summed E-state index contributed by atoms with van der Waals surface area (Å²) >= 11 is 0. The van der Waals surface area contributed by atoms with Gasteiger partial charge in [-0.1, -0.05) is 30.8 Å². The van der Waals surface area contributed by atoms with Crippen LogP contribution in [-0.2, 0) is 24.2 Å². The van der Waals surface area contributed by atoms with E-state index in [1.54, 1.807) is 6.07 Å². The third-order valence-corrected chi connectivity index (χ3v) is 8.94. The number of carboxylic acid groups (broad SMARTS) is 1. The Kier molecular flexibility index (Phi) is 9.29. The molecule has 216 valence electrons. The van der Waals surface area contributed by atoms with Crippen LogP contribution < -0.4 is 5.56 Å². The van der Waals surface area contributed by atoms with Crippen molar-refractivity contribution in [3.8, 4) is 0 Å². The minimum absolute atomic E-state index is 0.161. The van der Waals surface area contributed by atoms with Crippen molar-refractivity contribution in [1.29, 1.82) is 0 Å². The average Bonchev–Trinajstić information content (AvgIpc) is 3.62. The minimum Gasteiger partial charge on any atom is -0.481 e. The molecule has 2 aromatic heterocycles. The summed E-state index contributed by atoms with van der Waals surface area (Å²) in [5, 5.41) is 13.5. The van der Waals surface area contributed by atoms with Crippen molar-refractivity contribution >= 4 is 16.9 Å². The van der Waals surface area contributed by atoms with Crippen LogP contribution in [0.2, 0.25) is 0 Å². The first-order valence-corrected chi connectivity index (χ1v) is 15.0. The van der Waals surface area contributed by atoms with Gasteiger partial charge >= 0.3 is 5.97 Å². The number of carboxylic acids is 1. The Bertz CT molecular complexity index is 1370. The van der Waals surface area contributed by atoms with Gasteiger partial charge in [0.1, 0.15) is 11.6 Å². The number of carbonyl (C=O) groups is 1. The number of likely N-dealkylation sites (tertiary alicyclic amines) is 1. The standard InChI is InChI=1S/C23H27FN4O2.C8H14O2/c1-15-18(23(29)28-10-3-2-4-21(28)25-15)9-13-27-11-7-16(8-12-27)22-19-6-5-17(24)14-20(19)30-26-22;9-8(10)6-5-7-3-1-2-4-7/h5-6,14,16H,2-4,7-13H2,1H3;7H,1-6H2,(H,9,10). The van der Waals surface area contributed by atoms with Gasteiger partial charge in [-0.25, -0.2) is 9.37 Å². The lowest BCUT2D eigenvalue weighted by Crippen LogP contribution is -2.37. The first-order valence-electron chi connectivity index (χ1n) is 15.0. The van der Waals surface area contributed by atoms with Gasteiger partial charge in [0.05, 0.1) is 5.69 Å². The van der Waals surface area contributed by atoms with Crippen molar-refractivity contribution in [2.75, 3.05) is 19.6 Å². The largest absolute Gasteiger partial charge is 0.481 e. The van der Waals surface area contributed by atoms with E-state index >= 15 is 0 Å². The fourth-order valence-electron chi connectivity index (χ4n) is 6.57. The summed E-state index contributed by atoms with van der Waals surface area (Å²) in [4.78, 5) is 30.2. The van der Waals surface area contributed by atoms with Crippen LogP contribution in [0.4, 0.5) is 4.39 Å². The lowest BCUT2D eigenvalue weighted by Gasteiger charge is -2.31. The van der Waals surface area contributed by atoms with E-state index in [2.05, 4.69) is 10.1 Å². The molecule has 1 aliphatic carbocycles. The Labute approximate surface area is 234 Å². The van der Waals surface area contributed by atoms with Crippen LogP contribution in [0, 0.1) is 18.7 Å². The summed E-state index contributed by atoms with van der Waals surface area (Å²) in [6.45, 7) is 5.55. The molecule has 0 spiro atoms. The summed E-state index contributed by atoms with van der Waals surface area (Å²) < 4.78 is 20.6. The number of aromatic nitrogens is 3. The molecule has 0 unspecified atom stereocenters. The number of fused-ring (bicyclic) bond motifs is 2. The van der Waals surface area contributed by atoms with Gasteiger partial charge in [0, 0.05) is 54.6 Å². The van der Waals surface area contributed by atoms with Gasteiger partial charge in [-0.15, -0.1) is 0 Å². The highest BCUT2D eigenvalue weighted by Gasteiger charge is 2.26. The first kappa shape index (κ1) is 28.5. The van der Waals surface area contributed by atoms with Crippen molar-refractivity contribution in [2.45, 2.75) is 96.4 Å². The highest BCUT2D eigenvalue weighted by atomic mass is 19.1. The van der Waals surface area contributed by atoms with Crippen molar-refractivity contribution in [2.24, 2.45) is 5.92 Å². The zero-order chi connectivity index (χ0) is 28.1. The molecule has 1 aromatic carbocycles. The normalized spacial score (nSPS) is 18.4. The molecule has 1 saturated carbocycles. The van der Waals surface area contributed by atoms with Crippen LogP contribution in [0.15, 0.2) is 27.5 Å². The van der Waals surface area contributed by atoms with Crippen LogP contribution in [0.5, 0.6) is 0 Å². The molecule has 1 saturated heterocycles. The van der Waals surface area contributed by atoms with Gasteiger partial charge in [-0.2, -0.15) is 0 Å². The number of piperidine rings is 1. The van der Waals surface area contributed by atoms with E-state index < -0.39 is 5.97 Å². The zero-order valence-corrected chi connectivity index (χ0v) is 23.5. The Morgan fingerprint density at radius 1 is 1.10 bits per heavy atom. The molecule has 0 amide bonds. The second kappa shape index (κ2) is 13.1. The van der Waals surface area contributed by atoms with Crippen LogP contribution >= 0.6 is 0 Å². The van der Waals surface area contributed by atoms with Crippen LogP contribution in [-0.4, -0.2) is 50.3 Å². The van der Waals surface area contributed by atoms with Crippen molar-refractivity contribution in [1.82, 2.24) is 19.6 Å². The molecule has 2 fully saturated rings. The van der Waals surface area contributed by atoms with E-state index in [1.165, 1.54) is 37.8 Å². The average molecular weight is 553 g/mol. The molecule has 6 rings (SSSR count). The van der Waals surface area contributed by atoms with Gasteiger partial charge in [-0.05, 0) is 76.6 Å². The van der Waals surface area contributed by atoms with Gasteiger partial charge < -0.3 is 14.5 Å². The summed E-state index contributed by atoms with van der Waals surface area (Å²) in [6.07, 6.45) is 12.2. The third kappa shape index (κ3) is 6.79. The number of hydrogen-bond acceptors (Lipinski definition) is 6. The van der Waals surface area contributed by atoms with Crippen LogP contribution in [0.25, 0.3) is 11.0 Å². The Hall–Kier alpha value is -3.07. The number of aryl methyl sites for hydroxylation is 2. The fourth-order valence-corrected chi connectivity index (χ4v) is 6.57. The number of halogens is 1. The molecule has 4 heterocycles. The van der Waals surface area contributed by atoms with E-state index in [1.807, 2.05) is 11.5 Å². The van der Waals surface area contributed by atoms with Crippen molar-refractivity contribution in [3.05, 3.63) is 57.1 Å². The molecule has 9 heteroatoms. The number of aliphatic carboxylic acids is 1. The monoisotopic (exact) mass is 552 g/mol. The van der Waals surface area contributed by atoms with Gasteiger partial charge in [-0.3, -0.25) is 14.2 Å². The lowest BCUT2D eigenvalue weighted by atomic mass is 9.91. The Balaban J connectivity index is 0.000000274. The Morgan fingerprint density at radius 2 is 1.88 bits per heavy atom. The number of hydrogen-bond donors (Lipinski definition) is 1. The topological polar surface area (TPSA) is 101 Å². The molecule has 0 bridgehead atoms. The molecular weight excluding hydrogens is 511 g/mol. The van der Waals surface area contributed by atoms with Crippen molar-refractivity contribution in [3.63, 3.8) is 0 Å². The van der Waals surface area contributed by atoms with E-state index in [0.717, 1.165) is 105 Å². The predicted octanol–water partition coefficient (Wildman–Crippen LogP) is 5.63. The summed E-state index contributed by atoms with van der Waals surface area (Å²) in [6, 6.07) is 4.63. The predicted molar refractivity (Wildman–Crippen MR) is 151 cm³/mol. The van der Waals surface area contributed by atoms with Gasteiger partial charge in [0.2, 0.25) is 0 Å². The van der Waals surface area contributed by atoms with E-state index in [0.29, 0.717) is 17.9 Å². The minimum atomic E-state index is -0.646. The number of nitrogens with zero attached hydrogens (tertiary/aromatic N) is 4. The maximum absolute atomic E-state index is 13.4. The first-order chi connectivity index (χ1) is 19.4. The summed E-state index contributed by atoms with van der Waals surface area (Å²) in [5.74, 6) is 1.05. The molecule has 1 N–H and O–H groups in total. The highest BCUT2D eigenvalue weighted by Crippen LogP contribution is 2.33. The van der Waals surface area contributed by atoms with Crippen molar-refractivity contribution < 1.29 is 18.8 Å². The Morgan fingerprint density at radius 3 is 2.62 bits per heavy atom. The SMILES string of the molecule is Cc1nc2n(c(=O)c1CCN1CCC(c3noc4cc(F)ccc34)CC1)CCCC2.O=C(O)CCC1CCCC1. The number of rotatable bonds is 7. The highest BCUT2D eigenvalue weighted by molar-refractivity contribution is 5.79. The van der Waals surface area contributed by atoms with Gasteiger partial charge in [0.15, 0.2) is 5.58 Å². The lowest BCUT2D eigenvalue weighted by molar-refractivity contribution is -0.137. The second-order valence-corrected chi connectivity index (χ2v) is 11.7. The molecule has 3 aliphatic rings. The summed E-state index contributed by atoms with van der Waals surface area (Å²) in [5.41, 5.74) is 3.38. The molecule has 40 heavy (non-hydrogen) atoms. The zero-order valence-electron chi connectivity index (χ0n) is 23.5. The maximum atomic E-state index is 13.4. The molecule has 0 atom stereocenters. The smallest absolute Gasteiger partial charge is 0.303 e. The molecule has 2 aliphatic heterocycles. The molecular formula is C31H41FN4O4. The molecule has 0 radical (unpaired) electrons. The maximum Gasteiger partial charge on any atom is 0.303 e. The van der Waals surface area contributed by atoms with Crippen LogP contribution in [0.1, 0.15) is 92.9 Å². The second-order valence-electron chi connectivity index (χ2n) is 11.7. The fraction of sp³-hybridized carbons (Fsp3) is 0.613. The van der Waals surface area contributed by atoms with Crippen LogP contribution in [0.3, 0.4) is 0 Å². The van der Waals surface area contributed by atoms with E-state index in [-0.39, 0.29) is 11.4 Å². The summed E-state index contributed by atoms with van der Waals surface area (Å²) in [7, 11) is 0. The third-order valence-electron chi connectivity index (χ3n) is 8.94. The van der Waals surface area contributed by atoms with Gasteiger partial charge in [0.25, 0.3) is 5.56 Å².